The maximum atomic E-state index is 13.9. The third-order valence-electron chi connectivity index (χ3n) is 2.94. The van der Waals surface area contributed by atoms with E-state index < -0.39 is 35.7 Å². The Hall–Kier alpha value is -1.17. The van der Waals surface area contributed by atoms with Gasteiger partial charge in [-0.1, -0.05) is 0 Å². The Kier molecular flexibility index (Phi) is 1.79. The van der Waals surface area contributed by atoms with E-state index in [2.05, 4.69) is 0 Å². The molecule has 4 atom stereocenters. The first kappa shape index (κ1) is 9.39. The van der Waals surface area contributed by atoms with E-state index in [4.69, 9.17) is 14.9 Å². The summed E-state index contributed by atoms with van der Waals surface area (Å²) < 4.78 is 18.9. The molecule has 5 nitrogen and oxygen atoms in total. The second kappa shape index (κ2) is 2.66. The Morgan fingerprint density at radius 3 is 2.43 bits per heavy atom. The second-order valence-corrected chi connectivity index (χ2v) is 3.63. The fourth-order valence-electron chi connectivity index (χ4n) is 2.30. The number of rotatable bonds is 2. The molecule has 0 radical (unpaired) electrons. The Labute approximate surface area is 78.5 Å². The molecule has 0 aromatic carbocycles. The van der Waals surface area contributed by atoms with E-state index in [9.17, 15) is 14.0 Å². The molecule has 0 aliphatic carbocycles. The summed E-state index contributed by atoms with van der Waals surface area (Å²) in [6.45, 7) is 0. The SMILES string of the molecule is O=C(O)[C@@H]1[C@H]2CC[C@H](O2)[C@]1(F)C(=O)O. The summed E-state index contributed by atoms with van der Waals surface area (Å²) in [4.78, 5) is 21.4. The van der Waals surface area contributed by atoms with Gasteiger partial charge in [-0.05, 0) is 12.8 Å². The highest BCUT2D eigenvalue weighted by Gasteiger charge is 2.68. The number of carboxylic acids is 2. The Balaban J connectivity index is 2.39. The van der Waals surface area contributed by atoms with Gasteiger partial charge in [-0.2, -0.15) is 0 Å². The highest BCUT2D eigenvalue weighted by atomic mass is 19.1. The summed E-state index contributed by atoms with van der Waals surface area (Å²) in [5, 5.41) is 17.4. The highest BCUT2D eigenvalue weighted by Crippen LogP contribution is 2.48. The number of halogens is 1. The van der Waals surface area contributed by atoms with Crippen molar-refractivity contribution in [3.63, 3.8) is 0 Å². The van der Waals surface area contributed by atoms with Crippen LogP contribution in [0.1, 0.15) is 12.8 Å². The van der Waals surface area contributed by atoms with Crippen LogP contribution in [-0.2, 0) is 14.3 Å². The predicted molar refractivity (Wildman–Crippen MR) is 40.5 cm³/mol. The molecule has 6 heteroatoms. The quantitative estimate of drug-likeness (QED) is 0.663. The summed E-state index contributed by atoms with van der Waals surface area (Å²) in [6.07, 6.45) is -1.21. The summed E-state index contributed by atoms with van der Waals surface area (Å²) >= 11 is 0. The standard InChI is InChI=1S/C8H9FO5/c9-8(7(12)13)4-2-1-3(14-4)5(8)6(10)11/h3-5H,1-2H2,(H,10,11)(H,12,13)/t3-,4+,5+,8-/m1/s1. The maximum absolute atomic E-state index is 13.9. The molecule has 2 heterocycles. The molecule has 2 aliphatic rings. The van der Waals surface area contributed by atoms with Gasteiger partial charge in [-0.15, -0.1) is 0 Å². The molecule has 0 aromatic rings. The number of hydrogen-bond donors (Lipinski definition) is 2. The summed E-state index contributed by atoms with van der Waals surface area (Å²) in [6, 6.07) is 0. The van der Waals surface area contributed by atoms with E-state index in [-0.39, 0.29) is 6.42 Å². The lowest BCUT2D eigenvalue weighted by atomic mass is 9.77. The number of carboxylic acid groups (broad SMARTS) is 2. The third-order valence-corrected chi connectivity index (χ3v) is 2.94. The zero-order chi connectivity index (χ0) is 10.5. The summed E-state index contributed by atoms with van der Waals surface area (Å²) in [5.74, 6) is -4.75. The van der Waals surface area contributed by atoms with E-state index >= 15 is 0 Å². The van der Waals surface area contributed by atoms with Crippen LogP contribution in [0.3, 0.4) is 0 Å². The van der Waals surface area contributed by atoms with Gasteiger partial charge in [0.05, 0.1) is 6.10 Å². The Morgan fingerprint density at radius 2 is 2.00 bits per heavy atom. The average molecular weight is 204 g/mol. The minimum absolute atomic E-state index is 0.275. The van der Waals surface area contributed by atoms with E-state index in [1.165, 1.54) is 0 Å². The molecule has 0 unspecified atom stereocenters. The summed E-state index contributed by atoms with van der Waals surface area (Å²) in [5.41, 5.74) is -2.76. The number of ether oxygens (including phenoxy) is 1. The van der Waals surface area contributed by atoms with Crippen LogP contribution >= 0.6 is 0 Å². The topological polar surface area (TPSA) is 83.8 Å². The number of carbonyl (C=O) groups is 2. The minimum Gasteiger partial charge on any atom is -0.481 e. The number of aliphatic carboxylic acids is 2. The average Bonchev–Trinajstić information content (AvgIpc) is 2.61. The predicted octanol–water partition coefficient (Wildman–Crippen LogP) is 0.0413. The van der Waals surface area contributed by atoms with Gasteiger partial charge in [0, 0.05) is 0 Å². The zero-order valence-electron chi connectivity index (χ0n) is 7.14. The van der Waals surface area contributed by atoms with Crippen LogP contribution in [0.5, 0.6) is 0 Å². The van der Waals surface area contributed by atoms with Crippen LogP contribution in [0, 0.1) is 5.92 Å². The van der Waals surface area contributed by atoms with Crippen LogP contribution in [-0.4, -0.2) is 40.0 Å². The Bertz CT molecular complexity index is 304. The van der Waals surface area contributed by atoms with Crippen LogP contribution in [0.15, 0.2) is 0 Å². The van der Waals surface area contributed by atoms with Crippen molar-refractivity contribution >= 4 is 11.9 Å². The minimum atomic E-state index is -2.76. The molecule has 2 saturated heterocycles. The first-order valence-corrected chi connectivity index (χ1v) is 4.28. The fourth-order valence-corrected chi connectivity index (χ4v) is 2.30. The Morgan fingerprint density at radius 1 is 1.36 bits per heavy atom. The molecule has 0 aromatic heterocycles. The highest BCUT2D eigenvalue weighted by molar-refractivity contribution is 5.88. The van der Waals surface area contributed by atoms with Gasteiger partial charge >= 0.3 is 11.9 Å². The molecule has 2 fully saturated rings. The maximum Gasteiger partial charge on any atom is 0.345 e. The van der Waals surface area contributed by atoms with Gasteiger partial charge in [-0.3, -0.25) is 4.79 Å². The first-order chi connectivity index (χ1) is 6.48. The largest absolute Gasteiger partial charge is 0.481 e. The first-order valence-electron chi connectivity index (χ1n) is 4.28. The molecule has 14 heavy (non-hydrogen) atoms. The van der Waals surface area contributed by atoms with Crippen LogP contribution in [0.2, 0.25) is 0 Å². The van der Waals surface area contributed by atoms with Crippen molar-refractivity contribution < 1.29 is 28.9 Å². The van der Waals surface area contributed by atoms with Crippen LogP contribution in [0.25, 0.3) is 0 Å². The molecule has 0 spiro atoms. The molecule has 2 N–H and O–H groups in total. The number of hydrogen-bond acceptors (Lipinski definition) is 3. The van der Waals surface area contributed by atoms with Crippen molar-refractivity contribution in [3.05, 3.63) is 0 Å². The van der Waals surface area contributed by atoms with Gasteiger partial charge < -0.3 is 14.9 Å². The molecule has 78 valence electrons. The van der Waals surface area contributed by atoms with E-state index in [0.717, 1.165) is 0 Å². The molecule has 0 saturated carbocycles. The molecule has 2 aliphatic heterocycles. The van der Waals surface area contributed by atoms with Crippen LogP contribution in [0.4, 0.5) is 4.39 Å². The molecule has 2 bridgehead atoms. The second-order valence-electron chi connectivity index (χ2n) is 3.63. The zero-order valence-corrected chi connectivity index (χ0v) is 7.14. The van der Waals surface area contributed by atoms with Gasteiger partial charge in [-0.25, -0.2) is 9.18 Å². The van der Waals surface area contributed by atoms with Crippen LogP contribution < -0.4 is 0 Å². The fraction of sp³-hybridized carbons (Fsp3) is 0.750. The third kappa shape index (κ3) is 0.914. The smallest absolute Gasteiger partial charge is 0.345 e. The van der Waals surface area contributed by atoms with Crippen molar-refractivity contribution in [2.45, 2.75) is 30.7 Å². The van der Waals surface area contributed by atoms with E-state index in [1.807, 2.05) is 0 Å². The normalized spacial score (nSPS) is 45.4. The molecule has 2 rings (SSSR count). The summed E-state index contributed by atoms with van der Waals surface area (Å²) in [7, 11) is 0. The molecular formula is C8H9FO5. The van der Waals surface area contributed by atoms with Gasteiger partial charge in [0.15, 0.2) is 0 Å². The van der Waals surface area contributed by atoms with Gasteiger partial charge in [0.1, 0.15) is 12.0 Å². The van der Waals surface area contributed by atoms with Gasteiger partial charge in [0.25, 0.3) is 0 Å². The van der Waals surface area contributed by atoms with E-state index in [0.29, 0.717) is 6.42 Å². The lowest BCUT2D eigenvalue weighted by Crippen LogP contribution is -2.52. The van der Waals surface area contributed by atoms with Gasteiger partial charge in [0.2, 0.25) is 5.67 Å². The van der Waals surface area contributed by atoms with Crippen molar-refractivity contribution in [2.75, 3.05) is 0 Å². The lowest BCUT2D eigenvalue weighted by molar-refractivity contribution is -0.166. The van der Waals surface area contributed by atoms with E-state index in [1.54, 1.807) is 0 Å². The number of alkyl halides is 1. The molecule has 0 amide bonds. The lowest BCUT2D eigenvalue weighted by Gasteiger charge is -2.27. The molecular weight excluding hydrogens is 195 g/mol. The monoisotopic (exact) mass is 204 g/mol. The van der Waals surface area contributed by atoms with Crippen molar-refractivity contribution in [2.24, 2.45) is 5.92 Å². The number of fused-ring (bicyclic) bond motifs is 2. The van der Waals surface area contributed by atoms with Crippen molar-refractivity contribution in [3.8, 4) is 0 Å². The van der Waals surface area contributed by atoms with Crippen molar-refractivity contribution in [1.29, 1.82) is 0 Å². The van der Waals surface area contributed by atoms with Crippen molar-refractivity contribution in [1.82, 2.24) is 0 Å².